The van der Waals surface area contributed by atoms with Crippen molar-refractivity contribution >= 4 is 34.5 Å². The summed E-state index contributed by atoms with van der Waals surface area (Å²) in [5, 5.41) is 9.17. The van der Waals surface area contributed by atoms with E-state index in [4.69, 9.17) is 10.5 Å². The van der Waals surface area contributed by atoms with E-state index in [0.717, 1.165) is 3.57 Å². The van der Waals surface area contributed by atoms with Crippen LogP contribution in [0.4, 0.5) is 0 Å². The molecule has 0 unspecified atom stereocenters. The van der Waals surface area contributed by atoms with Crippen molar-refractivity contribution in [2.75, 3.05) is 0 Å². The van der Waals surface area contributed by atoms with Gasteiger partial charge in [-0.25, -0.2) is 9.59 Å². The van der Waals surface area contributed by atoms with Gasteiger partial charge >= 0.3 is 11.9 Å². The average Bonchev–Trinajstić information content (AvgIpc) is 2.25. The Morgan fingerprint density at radius 2 is 1.95 bits per heavy atom. The van der Waals surface area contributed by atoms with Crippen LogP contribution in [0.15, 0.2) is 12.1 Å². The summed E-state index contributed by atoms with van der Waals surface area (Å²) in [5.41, 5.74) is 5.37. The van der Waals surface area contributed by atoms with E-state index in [-0.39, 0.29) is 17.7 Å². The lowest BCUT2D eigenvalue weighted by molar-refractivity contribution is 0.00645. The summed E-state index contributed by atoms with van der Waals surface area (Å²) in [6, 6.07) is 3.02. The van der Waals surface area contributed by atoms with Crippen LogP contribution in [0.2, 0.25) is 0 Å². The maximum absolute atomic E-state index is 12.2. The van der Waals surface area contributed by atoms with Crippen molar-refractivity contribution in [2.24, 2.45) is 5.73 Å². The topological polar surface area (TPSA) is 89.6 Å². The molecule has 0 aliphatic heterocycles. The van der Waals surface area contributed by atoms with Gasteiger partial charge in [0.2, 0.25) is 0 Å². The molecule has 1 aromatic carbocycles. The number of carbonyl (C=O) groups is 2. The van der Waals surface area contributed by atoms with Gasteiger partial charge in [-0.05, 0) is 61.1 Å². The van der Waals surface area contributed by atoms with Crippen LogP contribution in [0, 0.1) is 3.57 Å². The van der Waals surface area contributed by atoms with Gasteiger partial charge in [0.05, 0.1) is 11.1 Å². The van der Waals surface area contributed by atoms with Gasteiger partial charge in [0.15, 0.2) is 0 Å². The molecule has 5 nitrogen and oxygen atoms in total. The molecule has 6 heteroatoms. The Hall–Kier alpha value is -1.15. The molecule has 19 heavy (non-hydrogen) atoms. The summed E-state index contributed by atoms with van der Waals surface area (Å²) in [7, 11) is 0. The first-order valence-corrected chi connectivity index (χ1v) is 6.73. The van der Waals surface area contributed by atoms with Crippen LogP contribution in [0.3, 0.4) is 0 Å². The van der Waals surface area contributed by atoms with Gasteiger partial charge < -0.3 is 15.6 Å². The summed E-state index contributed by atoms with van der Waals surface area (Å²) < 4.78 is 5.99. The number of hydrogen-bond acceptors (Lipinski definition) is 4. The van der Waals surface area contributed by atoms with Crippen LogP contribution >= 0.6 is 22.6 Å². The first-order valence-electron chi connectivity index (χ1n) is 5.65. The standard InChI is InChI=1S/C13H16INO4/c1-13(2,3)19-12(18)10-7(11(16)17)4-5-9(14)8(10)6-15/h4-5H,6,15H2,1-3H3,(H,16,17). The molecule has 1 aromatic rings. The van der Waals surface area contributed by atoms with Crippen molar-refractivity contribution in [3.05, 3.63) is 32.4 Å². The zero-order chi connectivity index (χ0) is 14.8. The van der Waals surface area contributed by atoms with Gasteiger partial charge in [0.1, 0.15) is 5.60 Å². The average molecular weight is 377 g/mol. The molecule has 0 aliphatic carbocycles. The van der Waals surface area contributed by atoms with Crippen molar-refractivity contribution in [2.45, 2.75) is 32.9 Å². The number of aromatic carboxylic acids is 1. The van der Waals surface area contributed by atoms with Crippen LogP contribution in [0.5, 0.6) is 0 Å². The Bertz CT molecular complexity index is 520. The predicted octanol–water partition coefficient (Wildman–Crippen LogP) is 2.40. The highest BCUT2D eigenvalue weighted by molar-refractivity contribution is 14.1. The van der Waals surface area contributed by atoms with Crippen LogP contribution < -0.4 is 5.73 Å². The fraction of sp³-hybridized carbons (Fsp3) is 0.385. The number of esters is 1. The number of hydrogen-bond donors (Lipinski definition) is 2. The van der Waals surface area contributed by atoms with Gasteiger partial charge in [-0.3, -0.25) is 0 Å². The van der Waals surface area contributed by atoms with Crippen molar-refractivity contribution in [1.82, 2.24) is 0 Å². The number of benzene rings is 1. The van der Waals surface area contributed by atoms with Gasteiger partial charge in [-0.2, -0.15) is 0 Å². The molecule has 0 amide bonds. The van der Waals surface area contributed by atoms with Crippen LogP contribution in [0.1, 0.15) is 47.1 Å². The van der Waals surface area contributed by atoms with Gasteiger partial charge in [-0.1, -0.05) is 0 Å². The second-order valence-electron chi connectivity index (χ2n) is 4.96. The number of halogens is 1. The molecule has 3 N–H and O–H groups in total. The zero-order valence-corrected chi connectivity index (χ0v) is 13.1. The molecule has 0 atom stereocenters. The molecule has 1 rings (SSSR count). The Morgan fingerprint density at radius 3 is 2.37 bits per heavy atom. The lowest BCUT2D eigenvalue weighted by Crippen LogP contribution is -2.27. The second kappa shape index (κ2) is 5.87. The minimum absolute atomic E-state index is 0.0387. The second-order valence-corrected chi connectivity index (χ2v) is 6.12. The largest absolute Gasteiger partial charge is 0.478 e. The van der Waals surface area contributed by atoms with E-state index in [0.29, 0.717) is 5.56 Å². The third-order valence-electron chi connectivity index (χ3n) is 2.29. The lowest BCUT2D eigenvalue weighted by atomic mass is 10.0. The lowest BCUT2D eigenvalue weighted by Gasteiger charge is -2.21. The van der Waals surface area contributed by atoms with Crippen LogP contribution in [-0.2, 0) is 11.3 Å². The van der Waals surface area contributed by atoms with E-state index in [1.807, 2.05) is 22.6 Å². The number of ether oxygens (including phenoxy) is 1. The smallest absolute Gasteiger partial charge is 0.339 e. The number of carboxylic acids is 1. The number of rotatable bonds is 3. The maximum atomic E-state index is 12.2. The van der Waals surface area contributed by atoms with Gasteiger partial charge in [0.25, 0.3) is 0 Å². The molecule has 0 aliphatic rings. The van der Waals surface area contributed by atoms with E-state index in [1.165, 1.54) is 6.07 Å². The van der Waals surface area contributed by atoms with Crippen molar-refractivity contribution in [3.8, 4) is 0 Å². The van der Waals surface area contributed by atoms with E-state index in [2.05, 4.69) is 0 Å². The zero-order valence-electron chi connectivity index (χ0n) is 11.0. The van der Waals surface area contributed by atoms with E-state index in [9.17, 15) is 14.7 Å². The molecule has 0 radical (unpaired) electrons. The Kier molecular flexibility index (Phi) is 4.92. The monoisotopic (exact) mass is 377 g/mol. The normalized spacial score (nSPS) is 11.2. The summed E-state index contributed by atoms with van der Waals surface area (Å²) in [5.74, 6) is -1.84. The molecule has 0 saturated carbocycles. The van der Waals surface area contributed by atoms with Crippen molar-refractivity contribution < 1.29 is 19.4 Å². The summed E-state index contributed by atoms with van der Waals surface area (Å²) in [4.78, 5) is 23.4. The SMILES string of the molecule is CC(C)(C)OC(=O)c1c(C(=O)O)ccc(I)c1CN. The molecule has 104 valence electrons. The summed E-state index contributed by atoms with van der Waals surface area (Å²) in [6.45, 7) is 5.25. The van der Waals surface area contributed by atoms with E-state index in [1.54, 1.807) is 26.8 Å². The van der Waals surface area contributed by atoms with Gasteiger partial charge in [0, 0.05) is 10.1 Å². The molecule has 0 bridgehead atoms. The molecule has 0 aromatic heterocycles. The first kappa shape index (κ1) is 15.9. The Balaban J connectivity index is 3.41. The quantitative estimate of drug-likeness (QED) is 0.624. The first-order chi connectivity index (χ1) is 8.67. The number of nitrogens with two attached hydrogens (primary N) is 1. The van der Waals surface area contributed by atoms with Crippen LogP contribution in [-0.4, -0.2) is 22.6 Å². The molecule has 0 fully saturated rings. The fourth-order valence-corrected chi connectivity index (χ4v) is 2.23. The van der Waals surface area contributed by atoms with E-state index < -0.39 is 17.5 Å². The molecule has 0 spiro atoms. The minimum Gasteiger partial charge on any atom is -0.478 e. The van der Waals surface area contributed by atoms with E-state index >= 15 is 0 Å². The minimum atomic E-state index is -1.17. The third-order valence-corrected chi connectivity index (χ3v) is 3.30. The molecular formula is C13H16INO4. The van der Waals surface area contributed by atoms with Crippen LogP contribution in [0.25, 0.3) is 0 Å². The van der Waals surface area contributed by atoms with Crippen molar-refractivity contribution in [3.63, 3.8) is 0 Å². The highest BCUT2D eigenvalue weighted by Gasteiger charge is 2.26. The Labute approximate surface area is 125 Å². The summed E-state index contributed by atoms with van der Waals surface area (Å²) >= 11 is 2.02. The van der Waals surface area contributed by atoms with Crippen molar-refractivity contribution in [1.29, 1.82) is 0 Å². The predicted molar refractivity (Wildman–Crippen MR) is 79.2 cm³/mol. The maximum Gasteiger partial charge on any atom is 0.339 e. The summed E-state index contributed by atoms with van der Waals surface area (Å²) in [6.07, 6.45) is 0. The third kappa shape index (κ3) is 3.90. The molecule has 0 saturated heterocycles. The highest BCUT2D eigenvalue weighted by atomic mass is 127. The van der Waals surface area contributed by atoms with Gasteiger partial charge in [-0.15, -0.1) is 0 Å². The number of carbonyl (C=O) groups excluding carboxylic acids is 1. The highest BCUT2D eigenvalue weighted by Crippen LogP contribution is 2.24. The number of carboxylic acid groups (broad SMARTS) is 1. The molecule has 0 heterocycles. The molecular weight excluding hydrogens is 361 g/mol. The fourth-order valence-electron chi connectivity index (χ4n) is 1.56. The Morgan fingerprint density at radius 1 is 1.37 bits per heavy atom.